The molecule has 10 nitrogen and oxygen atoms in total. The van der Waals surface area contributed by atoms with Crippen molar-refractivity contribution in [1.82, 2.24) is 5.43 Å². The number of nitrogens with zero attached hydrogens (tertiary/aromatic N) is 1. The van der Waals surface area contributed by atoms with Gasteiger partial charge in [0, 0.05) is 5.56 Å². The van der Waals surface area contributed by atoms with Crippen molar-refractivity contribution in [3.8, 4) is 34.5 Å². The Morgan fingerprint density at radius 1 is 0.811 bits per heavy atom. The summed E-state index contributed by atoms with van der Waals surface area (Å²) >= 11 is 0. The summed E-state index contributed by atoms with van der Waals surface area (Å²) in [5, 5.41) is 4.00. The smallest absolute Gasteiger partial charge is 0.343 e. The van der Waals surface area contributed by atoms with Gasteiger partial charge in [0.2, 0.25) is 5.75 Å². The van der Waals surface area contributed by atoms with E-state index in [9.17, 15) is 9.59 Å². The normalized spacial score (nSPS) is 10.5. The highest BCUT2D eigenvalue weighted by Gasteiger charge is 2.20. The Morgan fingerprint density at radius 2 is 1.54 bits per heavy atom. The molecule has 194 valence electrons. The Kier molecular flexibility index (Phi) is 9.31. The molecule has 0 atom stereocenters. The number of methoxy groups -OCH3 is 4. The van der Waals surface area contributed by atoms with Crippen molar-refractivity contribution in [2.24, 2.45) is 5.10 Å². The summed E-state index contributed by atoms with van der Waals surface area (Å²) in [5.74, 6) is 1.06. The number of hydrazone groups is 1. The monoisotopic (exact) mass is 508 g/mol. The van der Waals surface area contributed by atoms with Gasteiger partial charge in [0.15, 0.2) is 23.0 Å². The van der Waals surface area contributed by atoms with Gasteiger partial charge in [0.05, 0.1) is 46.8 Å². The molecule has 10 heteroatoms. The third-order valence-corrected chi connectivity index (χ3v) is 5.08. The summed E-state index contributed by atoms with van der Waals surface area (Å²) in [6, 6.07) is 14.6. The number of benzene rings is 3. The van der Waals surface area contributed by atoms with Gasteiger partial charge >= 0.3 is 5.97 Å². The highest BCUT2D eigenvalue weighted by Crippen LogP contribution is 2.39. The topological polar surface area (TPSA) is 114 Å². The maximum absolute atomic E-state index is 12.9. The van der Waals surface area contributed by atoms with Gasteiger partial charge in [-0.1, -0.05) is 6.07 Å². The molecule has 0 aliphatic carbocycles. The van der Waals surface area contributed by atoms with E-state index < -0.39 is 11.9 Å². The van der Waals surface area contributed by atoms with Crippen molar-refractivity contribution >= 4 is 18.1 Å². The molecule has 1 N–H and O–H groups in total. The summed E-state index contributed by atoms with van der Waals surface area (Å²) in [4.78, 5) is 25.2. The lowest BCUT2D eigenvalue weighted by atomic mass is 10.1. The third-order valence-electron chi connectivity index (χ3n) is 5.08. The lowest BCUT2D eigenvalue weighted by molar-refractivity contribution is 0.0727. The number of ether oxygens (including phenoxy) is 6. The minimum Gasteiger partial charge on any atom is -0.497 e. The second kappa shape index (κ2) is 12.8. The molecule has 37 heavy (non-hydrogen) atoms. The van der Waals surface area contributed by atoms with Crippen LogP contribution < -0.4 is 33.8 Å². The summed E-state index contributed by atoms with van der Waals surface area (Å²) < 4.78 is 32.3. The Bertz CT molecular complexity index is 1260. The van der Waals surface area contributed by atoms with Crippen LogP contribution in [0.25, 0.3) is 0 Å². The van der Waals surface area contributed by atoms with Crippen LogP contribution in [-0.2, 0) is 0 Å². The average Bonchev–Trinajstić information content (AvgIpc) is 2.93. The molecule has 0 aliphatic heterocycles. The SMILES string of the molecule is CCOc1cc(/C=N/NC(=O)c2cccc(OC)c2)ccc1OC(=O)c1cc(OC)c(OC)c(OC)c1. The van der Waals surface area contributed by atoms with Gasteiger partial charge < -0.3 is 28.4 Å². The number of amides is 1. The molecule has 0 unspecified atom stereocenters. The third kappa shape index (κ3) is 6.69. The second-order valence-corrected chi connectivity index (χ2v) is 7.37. The van der Waals surface area contributed by atoms with Crippen LogP contribution in [0.4, 0.5) is 0 Å². The quantitative estimate of drug-likeness (QED) is 0.178. The average molecular weight is 509 g/mol. The Morgan fingerprint density at radius 3 is 2.16 bits per heavy atom. The summed E-state index contributed by atoms with van der Waals surface area (Å²) in [5.41, 5.74) is 3.68. The standard InChI is InChI=1S/C27H28N2O8/c1-6-36-22-12-17(16-28-29-26(30)18-8-7-9-20(13-18)32-2)10-11-21(22)37-27(31)19-14-23(33-3)25(35-5)24(15-19)34-4/h7-16H,6H2,1-5H3,(H,29,30)/b28-16+. The molecule has 0 saturated heterocycles. The van der Waals surface area contributed by atoms with Gasteiger partial charge in [0.25, 0.3) is 5.91 Å². The van der Waals surface area contributed by atoms with Crippen molar-refractivity contribution in [2.75, 3.05) is 35.0 Å². The minimum absolute atomic E-state index is 0.197. The van der Waals surface area contributed by atoms with E-state index >= 15 is 0 Å². The van der Waals surface area contributed by atoms with E-state index in [-0.39, 0.29) is 11.3 Å². The fraction of sp³-hybridized carbons (Fsp3) is 0.222. The van der Waals surface area contributed by atoms with Crippen molar-refractivity contribution < 1.29 is 38.0 Å². The van der Waals surface area contributed by atoms with Gasteiger partial charge in [-0.25, -0.2) is 10.2 Å². The van der Waals surface area contributed by atoms with Crippen LogP contribution in [0.3, 0.4) is 0 Å². The Labute approximate surface area is 214 Å². The zero-order valence-corrected chi connectivity index (χ0v) is 21.2. The van der Waals surface area contributed by atoms with Crippen LogP contribution in [0.2, 0.25) is 0 Å². The lowest BCUT2D eigenvalue weighted by Crippen LogP contribution is -2.17. The molecule has 0 saturated carbocycles. The number of esters is 1. The van der Waals surface area contributed by atoms with E-state index in [2.05, 4.69) is 10.5 Å². The first-order valence-electron chi connectivity index (χ1n) is 11.2. The fourth-order valence-corrected chi connectivity index (χ4v) is 3.31. The van der Waals surface area contributed by atoms with Gasteiger partial charge in [-0.3, -0.25) is 4.79 Å². The van der Waals surface area contributed by atoms with E-state index in [1.54, 1.807) is 49.4 Å². The molecule has 3 aromatic rings. The molecule has 1 amide bonds. The van der Waals surface area contributed by atoms with E-state index in [0.717, 1.165) is 0 Å². The zero-order valence-electron chi connectivity index (χ0n) is 21.2. The van der Waals surface area contributed by atoms with Crippen molar-refractivity contribution in [3.63, 3.8) is 0 Å². The number of rotatable bonds is 11. The largest absolute Gasteiger partial charge is 0.497 e. The summed E-state index contributed by atoms with van der Waals surface area (Å²) in [6.45, 7) is 2.14. The first-order valence-corrected chi connectivity index (χ1v) is 11.2. The van der Waals surface area contributed by atoms with E-state index in [0.29, 0.717) is 46.5 Å². The fourth-order valence-electron chi connectivity index (χ4n) is 3.31. The van der Waals surface area contributed by atoms with Gasteiger partial charge in [-0.05, 0) is 61.0 Å². The molecule has 0 aromatic heterocycles. The number of hydrogen-bond acceptors (Lipinski definition) is 9. The van der Waals surface area contributed by atoms with E-state index in [4.69, 9.17) is 28.4 Å². The van der Waals surface area contributed by atoms with Gasteiger partial charge in [-0.15, -0.1) is 0 Å². The lowest BCUT2D eigenvalue weighted by Gasteiger charge is -2.15. The van der Waals surface area contributed by atoms with Crippen LogP contribution >= 0.6 is 0 Å². The van der Waals surface area contributed by atoms with Crippen molar-refractivity contribution in [1.29, 1.82) is 0 Å². The maximum atomic E-state index is 12.9. The molecule has 0 fully saturated rings. The number of hydrogen-bond donors (Lipinski definition) is 1. The maximum Gasteiger partial charge on any atom is 0.343 e. The van der Waals surface area contributed by atoms with E-state index in [1.807, 2.05) is 0 Å². The molecule has 3 rings (SSSR count). The van der Waals surface area contributed by atoms with Gasteiger partial charge in [0.1, 0.15) is 5.75 Å². The first-order chi connectivity index (χ1) is 17.9. The Balaban J connectivity index is 1.76. The molecule has 3 aromatic carbocycles. The number of carbonyl (C=O) groups excluding carboxylic acids is 2. The van der Waals surface area contributed by atoms with Crippen LogP contribution in [0, 0.1) is 0 Å². The number of nitrogens with one attached hydrogen (secondary N) is 1. The van der Waals surface area contributed by atoms with E-state index in [1.165, 1.54) is 46.8 Å². The van der Waals surface area contributed by atoms with Crippen molar-refractivity contribution in [2.45, 2.75) is 6.92 Å². The van der Waals surface area contributed by atoms with Crippen LogP contribution in [-0.4, -0.2) is 53.1 Å². The second-order valence-electron chi connectivity index (χ2n) is 7.37. The Hall–Kier alpha value is -4.73. The zero-order chi connectivity index (χ0) is 26.8. The molecule has 0 radical (unpaired) electrons. The molecular weight excluding hydrogens is 480 g/mol. The minimum atomic E-state index is -0.646. The van der Waals surface area contributed by atoms with Crippen LogP contribution in [0.5, 0.6) is 34.5 Å². The van der Waals surface area contributed by atoms with Gasteiger partial charge in [-0.2, -0.15) is 5.10 Å². The molecule has 0 heterocycles. The number of carbonyl (C=O) groups is 2. The first kappa shape index (κ1) is 26.9. The highest BCUT2D eigenvalue weighted by atomic mass is 16.6. The molecule has 0 spiro atoms. The van der Waals surface area contributed by atoms with Crippen molar-refractivity contribution in [3.05, 3.63) is 71.3 Å². The summed E-state index contributed by atoms with van der Waals surface area (Å²) in [6.07, 6.45) is 1.45. The summed E-state index contributed by atoms with van der Waals surface area (Å²) in [7, 11) is 5.91. The van der Waals surface area contributed by atoms with Crippen LogP contribution in [0.1, 0.15) is 33.2 Å². The molecular formula is C27H28N2O8. The predicted molar refractivity (Wildman–Crippen MR) is 137 cm³/mol. The van der Waals surface area contributed by atoms with Crippen LogP contribution in [0.15, 0.2) is 59.7 Å². The predicted octanol–water partition coefficient (Wildman–Crippen LogP) is 4.10. The highest BCUT2D eigenvalue weighted by molar-refractivity contribution is 5.95. The molecule has 0 aliphatic rings. The molecule has 0 bridgehead atoms.